The number of anilines is 1. The second-order valence-electron chi connectivity index (χ2n) is 7.19. The maximum atomic E-state index is 6.56. The van der Waals surface area contributed by atoms with Crippen LogP contribution in [-0.4, -0.2) is 55.6 Å². The van der Waals surface area contributed by atoms with E-state index in [2.05, 4.69) is 40.7 Å². The van der Waals surface area contributed by atoms with Gasteiger partial charge in [-0.05, 0) is 30.9 Å². The molecular weight excluding hydrogens is 306 g/mol. The van der Waals surface area contributed by atoms with Gasteiger partial charge in [0.25, 0.3) is 0 Å². The molecular formula is C19H29ClN3. The Kier molecular flexibility index (Phi) is 5.84. The number of hydrogen-bond donors (Lipinski definition) is 0. The molecule has 2 fully saturated rings. The van der Waals surface area contributed by atoms with Crippen LogP contribution in [0.2, 0.25) is 5.02 Å². The van der Waals surface area contributed by atoms with Crippen LogP contribution >= 0.6 is 11.6 Å². The van der Waals surface area contributed by atoms with E-state index in [1.807, 2.05) is 6.07 Å². The second-order valence-corrected chi connectivity index (χ2v) is 7.60. The molecule has 2 aliphatic rings. The Hall–Kier alpha value is -0.770. The molecule has 0 bridgehead atoms. The summed E-state index contributed by atoms with van der Waals surface area (Å²) in [6, 6.07) is 6.39. The summed E-state index contributed by atoms with van der Waals surface area (Å²) in [4.78, 5) is 7.62. The molecule has 23 heavy (non-hydrogen) atoms. The van der Waals surface area contributed by atoms with Crippen LogP contribution in [0.5, 0.6) is 0 Å². The van der Waals surface area contributed by atoms with Gasteiger partial charge in [-0.3, -0.25) is 4.90 Å². The molecule has 0 aliphatic carbocycles. The van der Waals surface area contributed by atoms with Crippen molar-refractivity contribution in [1.29, 1.82) is 0 Å². The molecule has 3 rings (SSSR count). The number of piperazine rings is 1. The summed E-state index contributed by atoms with van der Waals surface area (Å²) in [5.41, 5.74) is 2.68. The highest BCUT2D eigenvalue weighted by molar-refractivity contribution is 6.31. The van der Waals surface area contributed by atoms with Crippen LogP contribution < -0.4 is 4.90 Å². The predicted octanol–water partition coefficient (Wildman–Crippen LogP) is 3.67. The van der Waals surface area contributed by atoms with Gasteiger partial charge in [-0.1, -0.05) is 31.5 Å². The van der Waals surface area contributed by atoms with E-state index in [4.69, 9.17) is 11.6 Å². The van der Waals surface area contributed by atoms with E-state index in [-0.39, 0.29) is 0 Å². The zero-order chi connectivity index (χ0) is 16.2. The molecule has 0 atom stereocenters. The summed E-state index contributed by atoms with van der Waals surface area (Å²) in [5, 5.41) is 0.926. The first-order valence-corrected chi connectivity index (χ1v) is 9.27. The fourth-order valence-corrected chi connectivity index (χ4v) is 3.96. The maximum absolute atomic E-state index is 6.56. The Morgan fingerprint density at radius 1 is 0.957 bits per heavy atom. The standard InChI is InChI=1S/C19H29ClN3/c1-16(2)14-21-10-12-22(13-11-21)15-17-18(20)6-5-7-19(17)23-8-3-4-9-23/h5-7H,3-4,8-15H2,1-2H3. The van der Waals surface area contributed by atoms with Crippen molar-refractivity contribution in [2.45, 2.75) is 33.2 Å². The summed E-state index contributed by atoms with van der Waals surface area (Å²) in [6.07, 6.45) is 2.61. The summed E-state index contributed by atoms with van der Waals surface area (Å²) < 4.78 is 0. The summed E-state index contributed by atoms with van der Waals surface area (Å²) in [6.45, 7) is 13.5. The smallest absolute Gasteiger partial charge is 0.0471 e. The SMILES string of the molecule is C[C](C)CN1CCN(Cc2c(Cl)cccc2N2CCCC2)CC1. The molecule has 3 nitrogen and oxygen atoms in total. The van der Waals surface area contributed by atoms with Gasteiger partial charge >= 0.3 is 0 Å². The Balaban J connectivity index is 1.64. The number of rotatable bonds is 5. The van der Waals surface area contributed by atoms with Gasteiger partial charge in [-0.25, -0.2) is 0 Å². The van der Waals surface area contributed by atoms with Crippen molar-refractivity contribution in [1.82, 2.24) is 9.80 Å². The van der Waals surface area contributed by atoms with E-state index in [0.717, 1.165) is 44.3 Å². The third-order valence-electron chi connectivity index (χ3n) is 4.93. The van der Waals surface area contributed by atoms with Crippen LogP contribution in [0.15, 0.2) is 18.2 Å². The van der Waals surface area contributed by atoms with Gasteiger partial charge in [-0.2, -0.15) is 0 Å². The van der Waals surface area contributed by atoms with E-state index in [1.54, 1.807) is 0 Å². The lowest BCUT2D eigenvalue weighted by Crippen LogP contribution is -2.46. The largest absolute Gasteiger partial charge is 0.371 e. The zero-order valence-corrected chi connectivity index (χ0v) is 15.3. The molecule has 1 aromatic rings. The van der Waals surface area contributed by atoms with Gasteiger partial charge in [0.2, 0.25) is 0 Å². The molecule has 0 unspecified atom stereocenters. The minimum absolute atomic E-state index is 0.926. The van der Waals surface area contributed by atoms with Crippen LogP contribution in [0.3, 0.4) is 0 Å². The maximum Gasteiger partial charge on any atom is 0.0471 e. The summed E-state index contributed by atoms with van der Waals surface area (Å²) in [5.74, 6) is 1.50. The Morgan fingerprint density at radius 3 is 2.26 bits per heavy atom. The lowest BCUT2D eigenvalue weighted by Gasteiger charge is -2.36. The molecule has 0 aromatic heterocycles. The molecule has 1 aromatic carbocycles. The minimum atomic E-state index is 0.926. The van der Waals surface area contributed by atoms with Gasteiger partial charge in [0.1, 0.15) is 0 Å². The van der Waals surface area contributed by atoms with Crippen LogP contribution in [0.4, 0.5) is 5.69 Å². The molecule has 0 N–H and O–H groups in total. The van der Waals surface area contributed by atoms with E-state index in [9.17, 15) is 0 Å². The predicted molar refractivity (Wildman–Crippen MR) is 99.2 cm³/mol. The van der Waals surface area contributed by atoms with Gasteiger partial charge in [0.05, 0.1) is 0 Å². The highest BCUT2D eigenvalue weighted by Gasteiger charge is 2.22. The van der Waals surface area contributed by atoms with E-state index >= 15 is 0 Å². The highest BCUT2D eigenvalue weighted by Crippen LogP contribution is 2.31. The van der Waals surface area contributed by atoms with Crippen molar-refractivity contribution in [3.63, 3.8) is 0 Å². The van der Waals surface area contributed by atoms with Gasteiger partial charge in [-0.15, -0.1) is 0 Å². The minimum Gasteiger partial charge on any atom is -0.371 e. The van der Waals surface area contributed by atoms with Gasteiger partial charge in [0, 0.05) is 68.6 Å². The van der Waals surface area contributed by atoms with Crippen molar-refractivity contribution < 1.29 is 0 Å². The highest BCUT2D eigenvalue weighted by atomic mass is 35.5. The molecule has 0 saturated carbocycles. The van der Waals surface area contributed by atoms with Crippen molar-refractivity contribution >= 4 is 17.3 Å². The van der Waals surface area contributed by atoms with Crippen molar-refractivity contribution in [3.8, 4) is 0 Å². The van der Waals surface area contributed by atoms with Crippen molar-refractivity contribution in [2.75, 3.05) is 50.7 Å². The topological polar surface area (TPSA) is 9.72 Å². The quantitative estimate of drug-likeness (QED) is 0.813. The average Bonchev–Trinajstić information content (AvgIpc) is 3.05. The van der Waals surface area contributed by atoms with Crippen LogP contribution in [0, 0.1) is 5.92 Å². The van der Waals surface area contributed by atoms with E-state index < -0.39 is 0 Å². The lowest BCUT2D eigenvalue weighted by molar-refractivity contribution is 0.131. The molecule has 0 spiro atoms. The van der Waals surface area contributed by atoms with Gasteiger partial charge < -0.3 is 9.80 Å². The Bertz CT molecular complexity index is 503. The Morgan fingerprint density at radius 2 is 1.61 bits per heavy atom. The fourth-order valence-electron chi connectivity index (χ4n) is 3.73. The first kappa shape index (κ1) is 17.1. The van der Waals surface area contributed by atoms with Crippen LogP contribution in [0.25, 0.3) is 0 Å². The molecule has 127 valence electrons. The molecule has 2 saturated heterocycles. The summed E-state index contributed by atoms with van der Waals surface area (Å²) in [7, 11) is 0. The van der Waals surface area contributed by atoms with Crippen LogP contribution in [0.1, 0.15) is 32.3 Å². The monoisotopic (exact) mass is 334 g/mol. The number of benzene rings is 1. The van der Waals surface area contributed by atoms with Crippen LogP contribution in [-0.2, 0) is 6.54 Å². The zero-order valence-electron chi connectivity index (χ0n) is 14.5. The first-order valence-electron chi connectivity index (χ1n) is 8.89. The molecule has 0 amide bonds. The molecule has 1 radical (unpaired) electrons. The second kappa shape index (κ2) is 7.87. The third-order valence-corrected chi connectivity index (χ3v) is 5.28. The molecule has 4 heteroatoms. The average molecular weight is 335 g/mol. The summed E-state index contributed by atoms with van der Waals surface area (Å²) >= 11 is 6.56. The molecule has 2 heterocycles. The fraction of sp³-hybridized carbons (Fsp3) is 0.632. The Labute approximate surface area is 146 Å². The lowest BCUT2D eigenvalue weighted by atomic mass is 10.1. The molecule has 2 aliphatic heterocycles. The van der Waals surface area contributed by atoms with E-state index in [1.165, 1.54) is 43.1 Å². The normalized spacial score (nSPS) is 20.6. The number of halogens is 1. The van der Waals surface area contributed by atoms with Gasteiger partial charge in [0.15, 0.2) is 0 Å². The van der Waals surface area contributed by atoms with Crippen molar-refractivity contribution in [2.24, 2.45) is 0 Å². The third kappa shape index (κ3) is 4.40. The number of hydrogen-bond acceptors (Lipinski definition) is 3. The number of nitrogens with zero attached hydrogens (tertiary/aromatic N) is 3. The van der Waals surface area contributed by atoms with Crippen molar-refractivity contribution in [3.05, 3.63) is 34.7 Å². The first-order chi connectivity index (χ1) is 11.1. The van der Waals surface area contributed by atoms with E-state index in [0.29, 0.717) is 0 Å².